The lowest BCUT2D eigenvalue weighted by Gasteiger charge is -1.97. The van der Waals surface area contributed by atoms with E-state index in [1.54, 1.807) is 18.0 Å². The summed E-state index contributed by atoms with van der Waals surface area (Å²) in [6, 6.07) is 7.86. The number of hydrogen-bond acceptors (Lipinski definition) is 2. The van der Waals surface area contributed by atoms with Gasteiger partial charge in [0.05, 0.1) is 0 Å². The summed E-state index contributed by atoms with van der Waals surface area (Å²) in [5, 5.41) is 10.6. The average Bonchev–Trinajstić information content (AvgIpc) is 2.05. The molecule has 1 aromatic rings. The molecular formula is C9H11NOS. The normalized spacial score (nSPS) is 11.7. The van der Waals surface area contributed by atoms with E-state index in [2.05, 4.69) is 0 Å². The summed E-state index contributed by atoms with van der Waals surface area (Å²) in [5.41, 5.74) is 0.935. The highest BCUT2D eigenvalue weighted by molar-refractivity contribution is 7.98. The molecule has 0 radical (unpaired) electrons. The van der Waals surface area contributed by atoms with E-state index >= 15 is 0 Å². The van der Waals surface area contributed by atoms with Crippen molar-refractivity contribution in [3.05, 3.63) is 35.0 Å². The molecular weight excluding hydrogens is 170 g/mol. The van der Waals surface area contributed by atoms with E-state index in [1.165, 1.54) is 11.9 Å². The number of thioether (sulfide) groups is 1. The van der Waals surface area contributed by atoms with Crippen molar-refractivity contribution >= 4 is 18.0 Å². The summed E-state index contributed by atoms with van der Waals surface area (Å²) < 4.78 is 0.800. The van der Waals surface area contributed by atoms with Gasteiger partial charge in [-0.3, -0.25) is 0 Å². The predicted octanol–water partition coefficient (Wildman–Crippen LogP) is 1.97. The molecule has 1 aromatic carbocycles. The molecule has 0 saturated heterocycles. The molecule has 12 heavy (non-hydrogen) atoms. The van der Waals surface area contributed by atoms with Crippen LogP contribution < -0.4 is 0 Å². The third-order valence-electron chi connectivity index (χ3n) is 1.45. The van der Waals surface area contributed by atoms with E-state index in [4.69, 9.17) is 0 Å². The molecule has 0 N–H and O–H groups in total. The van der Waals surface area contributed by atoms with E-state index in [0.717, 1.165) is 10.3 Å². The van der Waals surface area contributed by atoms with Gasteiger partial charge >= 0.3 is 0 Å². The van der Waals surface area contributed by atoms with Crippen LogP contribution in [0.15, 0.2) is 29.2 Å². The van der Waals surface area contributed by atoms with Crippen LogP contribution in [0.3, 0.4) is 0 Å². The topological polar surface area (TPSA) is 26.1 Å². The molecule has 0 aliphatic carbocycles. The highest BCUT2D eigenvalue weighted by Gasteiger charge is 1.92. The second-order valence-electron chi connectivity index (χ2n) is 2.45. The number of hydroxylamine groups is 1. The number of nitrogens with zero attached hydrogens (tertiary/aromatic N) is 1. The van der Waals surface area contributed by atoms with Gasteiger partial charge in [-0.25, -0.2) is 4.74 Å². The van der Waals surface area contributed by atoms with E-state index in [-0.39, 0.29) is 0 Å². The second kappa shape index (κ2) is 4.16. The van der Waals surface area contributed by atoms with Crippen LogP contribution in [0.25, 0.3) is 0 Å². The smallest absolute Gasteiger partial charge is 0.181 e. The van der Waals surface area contributed by atoms with Crippen LogP contribution in [0.5, 0.6) is 0 Å². The van der Waals surface area contributed by atoms with Crippen molar-refractivity contribution in [3.63, 3.8) is 0 Å². The minimum atomic E-state index is 0.800. The number of rotatable bonds is 2. The average molecular weight is 181 g/mol. The number of hydrogen-bond donors (Lipinski definition) is 0. The second-order valence-corrected chi connectivity index (χ2v) is 3.33. The van der Waals surface area contributed by atoms with E-state index in [0.29, 0.717) is 0 Å². The zero-order valence-electron chi connectivity index (χ0n) is 7.15. The Morgan fingerprint density at radius 1 is 1.33 bits per heavy atom. The lowest BCUT2D eigenvalue weighted by Crippen LogP contribution is -1.96. The van der Waals surface area contributed by atoms with Crippen LogP contribution in [-0.4, -0.2) is 24.3 Å². The fourth-order valence-electron chi connectivity index (χ4n) is 0.900. The highest BCUT2D eigenvalue weighted by atomic mass is 32.2. The molecule has 0 heterocycles. The molecule has 64 valence electrons. The van der Waals surface area contributed by atoms with Crippen LogP contribution in [0, 0.1) is 5.21 Å². The lowest BCUT2D eigenvalue weighted by atomic mass is 10.2. The van der Waals surface area contributed by atoms with Gasteiger partial charge in [0.2, 0.25) is 0 Å². The van der Waals surface area contributed by atoms with Gasteiger partial charge in [-0.05, 0) is 30.5 Å². The quantitative estimate of drug-likeness (QED) is 0.229. The SMILES string of the molecule is CSc1ccc(C=[N+](C)[O-])cc1. The maximum Gasteiger partial charge on any atom is 0.181 e. The molecule has 0 amide bonds. The summed E-state index contributed by atoms with van der Waals surface area (Å²) in [5.74, 6) is 0. The van der Waals surface area contributed by atoms with Crippen LogP contribution in [0.4, 0.5) is 0 Å². The first-order chi connectivity index (χ1) is 5.72. The molecule has 0 atom stereocenters. The number of benzene rings is 1. The Balaban J connectivity index is 2.85. The largest absolute Gasteiger partial charge is 0.624 e. The zero-order chi connectivity index (χ0) is 8.97. The fourth-order valence-corrected chi connectivity index (χ4v) is 1.31. The highest BCUT2D eigenvalue weighted by Crippen LogP contribution is 2.13. The Morgan fingerprint density at radius 3 is 2.33 bits per heavy atom. The van der Waals surface area contributed by atoms with Crippen molar-refractivity contribution in [2.45, 2.75) is 4.90 Å². The predicted molar refractivity (Wildman–Crippen MR) is 52.9 cm³/mol. The Kier molecular flexibility index (Phi) is 3.17. The summed E-state index contributed by atoms with van der Waals surface area (Å²) >= 11 is 1.69. The standard InChI is InChI=1S/C9H11NOS/c1-10(11)7-8-3-5-9(12-2)6-4-8/h3-7H,1-2H3. The fraction of sp³-hybridized carbons (Fsp3) is 0.222. The van der Waals surface area contributed by atoms with Gasteiger partial charge in [0.25, 0.3) is 0 Å². The first-order valence-corrected chi connectivity index (χ1v) is 4.84. The molecule has 0 unspecified atom stereocenters. The van der Waals surface area contributed by atoms with E-state index in [1.807, 2.05) is 30.5 Å². The van der Waals surface area contributed by atoms with Gasteiger partial charge in [0.1, 0.15) is 7.05 Å². The van der Waals surface area contributed by atoms with Crippen molar-refractivity contribution in [1.82, 2.24) is 0 Å². The Bertz CT molecular complexity index is 275. The first kappa shape index (κ1) is 9.13. The zero-order valence-corrected chi connectivity index (χ0v) is 7.97. The summed E-state index contributed by atoms with van der Waals surface area (Å²) in [6.07, 6.45) is 3.57. The first-order valence-electron chi connectivity index (χ1n) is 3.61. The van der Waals surface area contributed by atoms with E-state index < -0.39 is 0 Å². The summed E-state index contributed by atoms with van der Waals surface area (Å²) in [7, 11) is 1.47. The van der Waals surface area contributed by atoms with E-state index in [9.17, 15) is 5.21 Å². The molecule has 2 nitrogen and oxygen atoms in total. The molecule has 1 rings (SSSR count). The van der Waals surface area contributed by atoms with Crippen LogP contribution in [0.2, 0.25) is 0 Å². The maximum atomic E-state index is 10.6. The Morgan fingerprint density at radius 2 is 1.92 bits per heavy atom. The molecule has 3 heteroatoms. The van der Waals surface area contributed by atoms with Gasteiger partial charge in [-0.2, -0.15) is 0 Å². The molecule has 0 aliphatic heterocycles. The minimum Gasteiger partial charge on any atom is -0.624 e. The molecule has 0 saturated carbocycles. The molecule has 0 aliphatic rings. The third-order valence-corrected chi connectivity index (χ3v) is 2.19. The summed E-state index contributed by atoms with van der Waals surface area (Å²) in [4.78, 5) is 1.21. The van der Waals surface area contributed by atoms with Gasteiger partial charge in [0, 0.05) is 10.5 Å². The Labute approximate surface area is 76.5 Å². The molecule has 0 aromatic heterocycles. The van der Waals surface area contributed by atoms with Gasteiger partial charge in [-0.15, -0.1) is 11.8 Å². The monoisotopic (exact) mass is 181 g/mol. The third kappa shape index (κ3) is 2.58. The maximum absolute atomic E-state index is 10.6. The Hall–Kier alpha value is -0.960. The van der Waals surface area contributed by atoms with Crippen LogP contribution in [0.1, 0.15) is 5.56 Å². The van der Waals surface area contributed by atoms with Crippen LogP contribution in [-0.2, 0) is 0 Å². The van der Waals surface area contributed by atoms with Crippen LogP contribution >= 0.6 is 11.8 Å². The van der Waals surface area contributed by atoms with Crippen molar-refractivity contribution in [2.75, 3.05) is 13.3 Å². The van der Waals surface area contributed by atoms with Gasteiger partial charge in [-0.1, -0.05) is 0 Å². The molecule has 0 fully saturated rings. The van der Waals surface area contributed by atoms with Gasteiger partial charge < -0.3 is 5.21 Å². The van der Waals surface area contributed by atoms with Crippen molar-refractivity contribution < 1.29 is 4.74 Å². The van der Waals surface area contributed by atoms with Crippen molar-refractivity contribution in [3.8, 4) is 0 Å². The van der Waals surface area contributed by atoms with Crippen molar-refractivity contribution in [1.29, 1.82) is 0 Å². The lowest BCUT2D eigenvalue weighted by molar-refractivity contribution is -0.416. The van der Waals surface area contributed by atoms with Crippen molar-refractivity contribution in [2.24, 2.45) is 0 Å². The minimum absolute atomic E-state index is 0.800. The summed E-state index contributed by atoms with van der Waals surface area (Å²) in [6.45, 7) is 0. The molecule has 0 spiro atoms. The molecule has 0 bridgehead atoms. The van der Waals surface area contributed by atoms with Gasteiger partial charge in [0.15, 0.2) is 6.21 Å².